The van der Waals surface area contributed by atoms with Gasteiger partial charge in [0.2, 0.25) is 5.76 Å². The summed E-state index contributed by atoms with van der Waals surface area (Å²) in [6.07, 6.45) is 0. The minimum atomic E-state index is -1.45. The van der Waals surface area contributed by atoms with Gasteiger partial charge in [-0.1, -0.05) is 11.6 Å². The molecule has 1 aromatic carbocycles. The Morgan fingerprint density at radius 2 is 2.12 bits per heavy atom. The van der Waals surface area contributed by atoms with Gasteiger partial charge in [0.25, 0.3) is 0 Å². The maximum absolute atomic E-state index is 13.4. The van der Waals surface area contributed by atoms with E-state index in [1.54, 1.807) is 0 Å². The summed E-state index contributed by atoms with van der Waals surface area (Å²) in [7, 11) is 0. The van der Waals surface area contributed by atoms with Gasteiger partial charge in [-0.3, -0.25) is 0 Å². The molecule has 0 radical (unpaired) electrons. The van der Waals surface area contributed by atoms with Crippen LogP contribution in [0.5, 0.6) is 0 Å². The predicted octanol–water partition coefficient (Wildman–Crippen LogP) is 2.28. The Morgan fingerprint density at radius 1 is 1.44 bits per heavy atom. The average molecular weight is 243 g/mol. The van der Waals surface area contributed by atoms with Crippen molar-refractivity contribution in [1.82, 2.24) is 0 Å². The Kier molecular flexibility index (Phi) is 2.40. The quantitative estimate of drug-likeness (QED) is 0.833. The summed E-state index contributed by atoms with van der Waals surface area (Å²) in [6, 6.07) is 3.19. The van der Waals surface area contributed by atoms with Gasteiger partial charge in [-0.15, -0.1) is 0 Å². The van der Waals surface area contributed by atoms with E-state index in [0.29, 0.717) is 0 Å². The molecule has 1 N–H and O–H groups in total. The normalized spacial score (nSPS) is 10.6. The van der Waals surface area contributed by atoms with Gasteiger partial charge in [0.15, 0.2) is 0 Å². The van der Waals surface area contributed by atoms with E-state index in [9.17, 15) is 14.0 Å². The van der Waals surface area contributed by atoms with E-state index in [4.69, 9.17) is 16.7 Å². The number of hydrogen-bond donors (Lipinski definition) is 1. The highest BCUT2D eigenvalue weighted by molar-refractivity contribution is 6.35. The van der Waals surface area contributed by atoms with E-state index in [2.05, 4.69) is 4.42 Å². The summed E-state index contributed by atoms with van der Waals surface area (Å²) >= 11 is 5.69. The standard InChI is InChI=1S/C10H4ClFO4/c11-5-1-2-6(12)4-3-7(9(13)14)16-10(15)8(4)5/h1-3H,(H,13,14). The van der Waals surface area contributed by atoms with Crippen LogP contribution in [-0.4, -0.2) is 11.1 Å². The number of aromatic carboxylic acids is 1. The molecule has 0 bridgehead atoms. The molecule has 1 heterocycles. The SMILES string of the molecule is O=C(O)c1cc2c(F)ccc(Cl)c2c(=O)o1. The van der Waals surface area contributed by atoms with Gasteiger partial charge in [-0.25, -0.2) is 14.0 Å². The molecule has 2 aromatic rings. The lowest BCUT2D eigenvalue weighted by atomic mass is 10.1. The Morgan fingerprint density at radius 3 is 2.75 bits per heavy atom. The first kappa shape index (κ1) is 10.6. The fourth-order valence-corrected chi connectivity index (χ4v) is 1.57. The van der Waals surface area contributed by atoms with Crippen LogP contribution >= 0.6 is 11.6 Å². The molecule has 0 aliphatic heterocycles. The first-order chi connectivity index (χ1) is 7.50. The van der Waals surface area contributed by atoms with Gasteiger partial charge in [-0.05, 0) is 18.2 Å². The topological polar surface area (TPSA) is 67.5 Å². The van der Waals surface area contributed by atoms with Crippen molar-refractivity contribution in [3.63, 3.8) is 0 Å². The number of halogens is 2. The summed E-state index contributed by atoms with van der Waals surface area (Å²) in [5, 5.41) is 8.33. The number of rotatable bonds is 1. The number of benzene rings is 1. The molecule has 2 rings (SSSR count). The Labute approximate surface area is 92.9 Å². The predicted molar refractivity (Wildman–Crippen MR) is 54.4 cm³/mol. The van der Waals surface area contributed by atoms with Gasteiger partial charge < -0.3 is 9.52 Å². The smallest absolute Gasteiger partial charge is 0.371 e. The molecular formula is C10H4ClFO4. The summed E-state index contributed by atoms with van der Waals surface area (Å²) in [6.45, 7) is 0. The van der Waals surface area contributed by atoms with E-state index < -0.39 is 23.2 Å². The van der Waals surface area contributed by atoms with E-state index >= 15 is 0 Å². The molecule has 0 amide bonds. The zero-order valence-corrected chi connectivity index (χ0v) is 8.42. The van der Waals surface area contributed by atoms with Gasteiger partial charge in [-0.2, -0.15) is 0 Å². The minimum Gasteiger partial charge on any atom is -0.475 e. The lowest BCUT2D eigenvalue weighted by Gasteiger charge is -2.01. The molecule has 82 valence electrons. The van der Waals surface area contributed by atoms with Crippen LogP contribution < -0.4 is 5.63 Å². The summed E-state index contributed by atoms with van der Waals surface area (Å²) in [4.78, 5) is 22.0. The Bertz CT molecular complexity index is 647. The maximum Gasteiger partial charge on any atom is 0.371 e. The molecule has 0 aliphatic rings. The summed E-state index contributed by atoms with van der Waals surface area (Å²) in [5.41, 5.74) is -0.973. The third-order valence-electron chi connectivity index (χ3n) is 2.03. The highest BCUT2D eigenvalue weighted by atomic mass is 35.5. The molecule has 0 spiro atoms. The van der Waals surface area contributed by atoms with Crippen molar-refractivity contribution in [2.24, 2.45) is 0 Å². The highest BCUT2D eigenvalue weighted by Gasteiger charge is 2.15. The molecule has 0 unspecified atom stereocenters. The molecule has 6 heteroatoms. The largest absolute Gasteiger partial charge is 0.475 e. The summed E-state index contributed by atoms with van der Waals surface area (Å²) < 4.78 is 17.8. The van der Waals surface area contributed by atoms with Crippen LogP contribution in [0.25, 0.3) is 10.8 Å². The number of fused-ring (bicyclic) bond motifs is 1. The van der Waals surface area contributed by atoms with Crippen molar-refractivity contribution in [3.05, 3.63) is 45.2 Å². The first-order valence-electron chi connectivity index (χ1n) is 4.16. The van der Waals surface area contributed by atoms with Crippen LogP contribution in [0.2, 0.25) is 5.02 Å². The van der Waals surface area contributed by atoms with Crippen LogP contribution in [0.1, 0.15) is 10.6 Å². The van der Waals surface area contributed by atoms with Crippen LogP contribution in [-0.2, 0) is 0 Å². The molecule has 4 nitrogen and oxygen atoms in total. The molecule has 1 aromatic heterocycles. The van der Waals surface area contributed by atoms with E-state index in [0.717, 1.165) is 12.1 Å². The zero-order valence-electron chi connectivity index (χ0n) is 7.66. The molecular weight excluding hydrogens is 239 g/mol. The van der Waals surface area contributed by atoms with Gasteiger partial charge in [0.05, 0.1) is 10.4 Å². The zero-order chi connectivity index (χ0) is 11.9. The number of carbonyl (C=O) groups is 1. The monoisotopic (exact) mass is 242 g/mol. The molecule has 0 fully saturated rings. The van der Waals surface area contributed by atoms with E-state index in [-0.39, 0.29) is 15.8 Å². The van der Waals surface area contributed by atoms with Crippen molar-refractivity contribution in [3.8, 4) is 0 Å². The second kappa shape index (κ2) is 3.61. The van der Waals surface area contributed by atoms with Crippen LogP contribution in [0.15, 0.2) is 27.4 Å². The maximum atomic E-state index is 13.4. The Hall–Kier alpha value is -1.88. The van der Waals surface area contributed by atoms with Crippen LogP contribution in [0.3, 0.4) is 0 Å². The second-order valence-corrected chi connectivity index (χ2v) is 3.43. The average Bonchev–Trinajstić information content (AvgIpc) is 2.22. The van der Waals surface area contributed by atoms with E-state index in [1.807, 2.05) is 0 Å². The number of carboxylic acids is 1. The van der Waals surface area contributed by atoms with Crippen LogP contribution in [0, 0.1) is 5.82 Å². The van der Waals surface area contributed by atoms with Crippen molar-refractivity contribution in [1.29, 1.82) is 0 Å². The summed E-state index contributed by atoms with van der Waals surface area (Å²) in [5.74, 6) is -2.80. The second-order valence-electron chi connectivity index (χ2n) is 3.02. The van der Waals surface area contributed by atoms with Crippen molar-refractivity contribution < 1.29 is 18.7 Å². The Balaban J connectivity index is 2.98. The van der Waals surface area contributed by atoms with Gasteiger partial charge >= 0.3 is 11.6 Å². The first-order valence-corrected chi connectivity index (χ1v) is 4.53. The third kappa shape index (κ3) is 1.55. The molecule has 16 heavy (non-hydrogen) atoms. The molecule has 0 aliphatic carbocycles. The fraction of sp³-hybridized carbons (Fsp3) is 0. The lowest BCUT2D eigenvalue weighted by molar-refractivity contribution is 0.0658. The van der Waals surface area contributed by atoms with Crippen molar-refractivity contribution in [2.75, 3.05) is 0 Å². The highest BCUT2D eigenvalue weighted by Crippen LogP contribution is 2.23. The molecule has 0 atom stereocenters. The van der Waals surface area contributed by atoms with Crippen LogP contribution in [0.4, 0.5) is 4.39 Å². The number of carboxylic acid groups (broad SMARTS) is 1. The fourth-order valence-electron chi connectivity index (χ4n) is 1.33. The number of hydrogen-bond acceptors (Lipinski definition) is 3. The minimum absolute atomic E-state index is 0.0158. The van der Waals surface area contributed by atoms with Gasteiger partial charge in [0.1, 0.15) is 5.82 Å². The lowest BCUT2D eigenvalue weighted by Crippen LogP contribution is -2.07. The van der Waals surface area contributed by atoms with E-state index in [1.165, 1.54) is 6.07 Å². The molecule has 0 saturated heterocycles. The van der Waals surface area contributed by atoms with Crippen molar-refractivity contribution in [2.45, 2.75) is 0 Å². The van der Waals surface area contributed by atoms with Crippen molar-refractivity contribution >= 4 is 28.3 Å². The third-order valence-corrected chi connectivity index (χ3v) is 2.35. The molecule has 0 saturated carbocycles. The van der Waals surface area contributed by atoms with Gasteiger partial charge in [0, 0.05) is 5.39 Å².